The third-order valence-corrected chi connectivity index (χ3v) is 9.27. The molecule has 0 atom stereocenters. The minimum Gasteiger partial charge on any atom is -0.456 e. The Balaban J connectivity index is 1.25. The molecule has 0 fully saturated rings. The van der Waals surface area contributed by atoms with E-state index in [4.69, 9.17) is 19.4 Å². The van der Waals surface area contributed by atoms with Crippen molar-refractivity contribution < 1.29 is 4.42 Å². The number of rotatable bonds is 4. The molecule has 0 saturated heterocycles. The van der Waals surface area contributed by atoms with Crippen LogP contribution in [0, 0.1) is 0 Å². The van der Waals surface area contributed by atoms with Gasteiger partial charge in [-0.2, -0.15) is 9.97 Å². The molecule has 224 valence electrons. The topological polar surface area (TPSA) is 56.7 Å². The molecule has 0 N–H and O–H groups in total. The van der Waals surface area contributed by atoms with Gasteiger partial charge in [0.25, 0.3) is 0 Å². The zero-order valence-corrected chi connectivity index (χ0v) is 25.7. The van der Waals surface area contributed by atoms with E-state index in [1.165, 1.54) is 16.3 Å². The van der Waals surface area contributed by atoms with Gasteiger partial charge in [-0.1, -0.05) is 127 Å². The molecule has 10 rings (SSSR count). The first kappa shape index (κ1) is 26.6. The molecule has 5 nitrogen and oxygen atoms in total. The van der Waals surface area contributed by atoms with E-state index in [9.17, 15) is 0 Å². The fourth-order valence-corrected chi connectivity index (χ4v) is 7.10. The molecule has 3 aromatic heterocycles. The average Bonchev–Trinajstić information content (AvgIpc) is 3.70. The van der Waals surface area contributed by atoms with Crippen molar-refractivity contribution >= 4 is 54.5 Å². The number of hydrogen-bond donors (Lipinski definition) is 0. The molecule has 48 heavy (non-hydrogen) atoms. The summed E-state index contributed by atoms with van der Waals surface area (Å²) in [6.07, 6.45) is 0. The van der Waals surface area contributed by atoms with E-state index in [2.05, 4.69) is 120 Å². The Bertz CT molecular complexity index is 2790. The van der Waals surface area contributed by atoms with Crippen molar-refractivity contribution in [1.82, 2.24) is 19.5 Å². The molecule has 10 aromatic rings. The summed E-state index contributed by atoms with van der Waals surface area (Å²) in [6.45, 7) is 0. The summed E-state index contributed by atoms with van der Waals surface area (Å²) < 4.78 is 8.60. The summed E-state index contributed by atoms with van der Waals surface area (Å²) >= 11 is 0. The van der Waals surface area contributed by atoms with E-state index in [1.807, 2.05) is 42.5 Å². The Morgan fingerprint density at radius 2 is 1.06 bits per heavy atom. The van der Waals surface area contributed by atoms with Crippen LogP contribution in [0.25, 0.3) is 94.4 Å². The van der Waals surface area contributed by atoms with Gasteiger partial charge in [-0.05, 0) is 52.2 Å². The van der Waals surface area contributed by atoms with Crippen molar-refractivity contribution in [2.45, 2.75) is 0 Å². The monoisotopic (exact) mass is 614 g/mol. The minimum absolute atomic E-state index is 0.567. The average molecular weight is 615 g/mol. The van der Waals surface area contributed by atoms with Gasteiger partial charge in [-0.3, -0.25) is 4.57 Å². The van der Waals surface area contributed by atoms with E-state index in [1.54, 1.807) is 0 Å². The molecule has 0 bridgehead atoms. The van der Waals surface area contributed by atoms with Crippen molar-refractivity contribution in [3.8, 4) is 39.9 Å². The maximum atomic E-state index is 6.45. The van der Waals surface area contributed by atoms with Crippen LogP contribution in [0.5, 0.6) is 0 Å². The van der Waals surface area contributed by atoms with Crippen molar-refractivity contribution in [3.05, 3.63) is 158 Å². The fraction of sp³-hybridized carbons (Fsp3) is 0. The van der Waals surface area contributed by atoms with Crippen molar-refractivity contribution in [2.24, 2.45) is 0 Å². The van der Waals surface area contributed by atoms with Gasteiger partial charge in [0.1, 0.15) is 11.2 Å². The van der Waals surface area contributed by atoms with Gasteiger partial charge < -0.3 is 4.42 Å². The second kappa shape index (κ2) is 10.5. The Labute approximate surface area is 275 Å². The standard InChI is InChI=1S/C43H26N4O/c1-2-13-28(14-3-1)41-44-42(46-43(45-41)47-36-21-8-6-17-32(36)33-18-7-9-22-37(33)47)34-20-11-23-39-40(34)35-26-29(24-25-38(35)48-39)31-19-10-15-27-12-4-5-16-30(27)31/h1-26H. The molecule has 0 amide bonds. The predicted octanol–water partition coefficient (Wildman–Crippen LogP) is 11.0. The lowest BCUT2D eigenvalue weighted by molar-refractivity contribution is 0.669. The molecule has 0 aliphatic carbocycles. The first-order chi connectivity index (χ1) is 23.8. The van der Waals surface area contributed by atoms with Gasteiger partial charge in [0, 0.05) is 32.7 Å². The largest absolute Gasteiger partial charge is 0.456 e. The summed E-state index contributed by atoms with van der Waals surface area (Å²) in [4.78, 5) is 15.5. The summed E-state index contributed by atoms with van der Waals surface area (Å²) in [5.74, 6) is 1.76. The van der Waals surface area contributed by atoms with E-state index in [0.29, 0.717) is 17.6 Å². The number of hydrogen-bond acceptors (Lipinski definition) is 4. The molecule has 0 aliphatic heterocycles. The fourth-order valence-electron chi connectivity index (χ4n) is 7.10. The lowest BCUT2D eigenvalue weighted by atomic mass is 9.96. The molecular weight excluding hydrogens is 589 g/mol. The summed E-state index contributed by atoms with van der Waals surface area (Å²) in [5.41, 5.74) is 7.82. The highest BCUT2D eigenvalue weighted by molar-refractivity contribution is 6.13. The molecule has 7 aromatic carbocycles. The smallest absolute Gasteiger partial charge is 0.238 e. The normalized spacial score (nSPS) is 11.8. The molecule has 3 heterocycles. The number of nitrogens with zero attached hydrogens (tertiary/aromatic N) is 4. The highest BCUT2D eigenvalue weighted by Crippen LogP contribution is 2.40. The number of furan rings is 1. The van der Waals surface area contributed by atoms with E-state index >= 15 is 0 Å². The van der Waals surface area contributed by atoms with Crippen LogP contribution in [-0.4, -0.2) is 19.5 Å². The van der Waals surface area contributed by atoms with Gasteiger partial charge in [-0.15, -0.1) is 0 Å². The van der Waals surface area contributed by atoms with Gasteiger partial charge in [-0.25, -0.2) is 4.98 Å². The third-order valence-electron chi connectivity index (χ3n) is 9.27. The number of fused-ring (bicyclic) bond motifs is 7. The Kier molecular flexibility index (Phi) is 5.81. The lowest BCUT2D eigenvalue weighted by Gasteiger charge is -2.11. The SMILES string of the molecule is c1ccc(-c2nc(-c3cccc4oc5ccc(-c6cccc7ccccc67)cc5c34)nc(-n3c4ccccc4c4ccccc43)n2)cc1. The molecule has 0 aliphatic rings. The highest BCUT2D eigenvalue weighted by Gasteiger charge is 2.20. The first-order valence-electron chi connectivity index (χ1n) is 16.0. The molecule has 0 unspecified atom stereocenters. The van der Waals surface area contributed by atoms with Gasteiger partial charge >= 0.3 is 0 Å². The Hall–Kier alpha value is -6.59. The minimum atomic E-state index is 0.567. The van der Waals surface area contributed by atoms with Crippen LogP contribution < -0.4 is 0 Å². The van der Waals surface area contributed by atoms with Gasteiger partial charge in [0.15, 0.2) is 11.6 Å². The molecule has 5 heteroatoms. The van der Waals surface area contributed by atoms with E-state index < -0.39 is 0 Å². The predicted molar refractivity (Wildman–Crippen MR) is 195 cm³/mol. The summed E-state index contributed by atoms with van der Waals surface area (Å²) in [7, 11) is 0. The Morgan fingerprint density at radius 1 is 0.417 bits per heavy atom. The second-order valence-electron chi connectivity index (χ2n) is 12.0. The van der Waals surface area contributed by atoms with E-state index in [-0.39, 0.29) is 0 Å². The lowest BCUT2D eigenvalue weighted by Crippen LogP contribution is -2.06. The molecule has 0 radical (unpaired) electrons. The van der Waals surface area contributed by atoms with Crippen LogP contribution in [-0.2, 0) is 0 Å². The number of benzene rings is 7. The quantitative estimate of drug-likeness (QED) is 0.198. The van der Waals surface area contributed by atoms with Crippen LogP contribution in [0.2, 0.25) is 0 Å². The van der Waals surface area contributed by atoms with Gasteiger partial charge in [0.2, 0.25) is 5.95 Å². The summed E-state index contributed by atoms with van der Waals surface area (Å²) in [5, 5.41) is 6.73. The van der Waals surface area contributed by atoms with E-state index in [0.717, 1.165) is 60.4 Å². The molecular formula is C43H26N4O. The van der Waals surface area contributed by atoms with Crippen LogP contribution in [0.1, 0.15) is 0 Å². The Morgan fingerprint density at radius 3 is 1.88 bits per heavy atom. The van der Waals surface area contributed by atoms with Crippen molar-refractivity contribution in [1.29, 1.82) is 0 Å². The van der Waals surface area contributed by atoms with Crippen LogP contribution in [0.3, 0.4) is 0 Å². The maximum Gasteiger partial charge on any atom is 0.238 e. The van der Waals surface area contributed by atoms with Gasteiger partial charge in [0.05, 0.1) is 11.0 Å². The molecule has 0 spiro atoms. The molecule has 0 saturated carbocycles. The first-order valence-corrected chi connectivity index (χ1v) is 16.0. The van der Waals surface area contributed by atoms with Crippen molar-refractivity contribution in [2.75, 3.05) is 0 Å². The maximum absolute atomic E-state index is 6.45. The van der Waals surface area contributed by atoms with Crippen molar-refractivity contribution in [3.63, 3.8) is 0 Å². The third kappa shape index (κ3) is 4.08. The second-order valence-corrected chi connectivity index (χ2v) is 12.0. The van der Waals surface area contributed by atoms with Crippen LogP contribution in [0.4, 0.5) is 0 Å². The zero-order valence-electron chi connectivity index (χ0n) is 25.7. The number of aromatic nitrogens is 4. The summed E-state index contributed by atoms with van der Waals surface area (Å²) in [6, 6.07) is 54.5. The number of para-hydroxylation sites is 2. The van der Waals surface area contributed by atoms with Crippen LogP contribution >= 0.6 is 0 Å². The van der Waals surface area contributed by atoms with Crippen LogP contribution in [0.15, 0.2) is 162 Å². The highest BCUT2D eigenvalue weighted by atomic mass is 16.3. The zero-order chi connectivity index (χ0) is 31.6.